The number of hydrogen-bond acceptors (Lipinski definition) is 5. The van der Waals surface area contributed by atoms with E-state index >= 15 is 0 Å². The first-order valence-corrected chi connectivity index (χ1v) is 10.1. The molecule has 34 heavy (non-hydrogen) atoms. The molecule has 0 aliphatic carbocycles. The highest BCUT2D eigenvalue weighted by Crippen LogP contribution is 2.29. The van der Waals surface area contributed by atoms with Crippen molar-refractivity contribution in [3.8, 4) is 0 Å². The number of alkyl halides is 3. The summed E-state index contributed by atoms with van der Waals surface area (Å²) < 4.78 is 53.0. The number of nitrogens with zero attached hydrogens (tertiary/aromatic N) is 3. The van der Waals surface area contributed by atoms with Crippen molar-refractivity contribution in [2.24, 2.45) is 0 Å². The van der Waals surface area contributed by atoms with Gasteiger partial charge in [-0.15, -0.1) is 0 Å². The largest absolute Gasteiger partial charge is 0.416 e. The third kappa shape index (κ3) is 5.74. The Labute approximate surface area is 191 Å². The van der Waals surface area contributed by atoms with Crippen molar-refractivity contribution in [2.45, 2.75) is 19.0 Å². The topological polar surface area (TPSA) is 95.6 Å². The number of rotatable bonds is 7. The Bertz CT molecular complexity index is 1290. The standard InChI is InChI=1S/C23H18F4N6O/c24-19-7-6-17(30-22(34)15-2-1-3-16(10-15)23(25,26)27)11-14(19)4-5-18-12-20(33-32-18)31-21-13-28-8-9-29-21/h1-3,6-13H,4-5H2,(H,30,34)(H2,29,31,32,33). The first kappa shape index (κ1) is 22.9. The van der Waals surface area contributed by atoms with E-state index in [2.05, 4.69) is 30.8 Å². The number of H-pyrrole nitrogens is 1. The number of carbonyl (C=O) groups excluding carboxylic acids is 1. The number of carbonyl (C=O) groups is 1. The van der Waals surface area contributed by atoms with Gasteiger partial charge in [-0.25, -0.2) is 9.37 Å². The molecule has 0 aliphatic rings. The third-order valence-corrected chi connectivity index (χ3v) is 4.86. The molecule has 0 atom stereocenters. The number of benzene rings is 2. The number of nitrogens with one attached hydrogen (secondary N) is 3. The molecule has 0 radical (unpaired) electrons. The van der Waals surface area contributed by atoms with Crippen molar-refractivity contribution >= 4 is 23.2 Å². The van der Waals surface area contributed by atoms with Crippen LogP contribution >= 0.6 is 0 Å². The van der Waals surface area contributed by atoms with Gasteiger partial charge >= 0.3 is 6.18 Å². The zero-order valence-corrected chi connectivity index (χ0v) is 17.5. The summed E-state index contributed by atoms with van der Waals surface area (Å²) in [7, 11) is 0. The van der Waals surface area contributed by atoms with E-state index in [0.717, 1.165) is 18.2 Å². The fourth-order valence-corrected chi connectivity index (χ4v) is 3.20. The molecular formula is C23H18F4N6O. The molecule has 4 aromatic rings. The Balaban J connectivity index is 1.40. The first-order chi connectivity index (χ1) is 16.3. The molecule has 0 saturated heterocycles. The van der Waals surface area contributed by atoms with Crippen LogP contribution in [0.2, 0.25) is 0 Å². The summed E-state index contributed by atoms with van der Waals surface area (Å²) in [6, 6.07) is 9.84. The van der Waals surface area contributed by atoms with E-state index < -0.39 is 23.5 Å². The van der Waals surface area contributed by atoms with Gasteiger partial charge in [-0.2, -0.15) is 18.3 Å². The van der Waals surface area contributed by atoms with Gasteiger partial charge in [0.2, 0.25) is 0 Å². The smallest absolute Gasteiger partial charge is 0.324 e. The molecule has 7 nitrogen and oxygen atoms in total. The maximum absolute atomic E-state index is 14.3. The predicted octanol–water partition coefficient (Wildman–Crippen LogP) is 5.14. The molecular weight excluding hydrogens is 452 g/mol. The lowest BCUT2D eigenvalue weighted by atomic mass is 10.1. The van der Waals surface area contributed by atoms with Gasteiger partial charge < -0.3 is 10.6 Å². The van der Waals surface area contributed by atoms with Gasteiger partial charge in [0.15, 0.2) is 0 Å². The maximum atomic E-state index is 14.3. The van der Waals surface area contributed by atoms with Crippen LogP contribution in [0.15, 0.2) is 67.1 Å². The Morgan fingerprint density at radius 1 is 1.03 bits per heavy atom. The summed E-state index contributed by atoms with van der Waals surface area (Å²) in [5.74, 6) is -0.0628. The van der Waals surface area contributed by atoms with Crippen LogP contribution in [-0.2, 0) is 19.0 Å². The average Bonchev–Trinajstić information content (AvgIpc) is 3.26. The van der Waals surface area contributed by atoms with Gasteiger partial charge in [-0.3, -0.25) is 14.9 Å². The highest BCUT2D eigenvalue weighted by molar-refractivity contribution is 6.04. The van der Waals surface area contributed by atoms with E-state index in [-0.39, 0.29) is 17.7 Å². The van der Waals surface area contributed by atoms with Crippen molar-refractivity contribution in [3.05, 3.63) is 95.3 Å². The Hall–Kier alpha value is -4.28. The molecule has 0 bridgehead atoms. The maximum Gasteiger partial charge on any atom is 0.416 e. The first-order valence-electron chi connectivity index (χ1n) is 10.1. The molecule has 0 aliphatic heterocycles. The zero-order valence-electron chi connectivity index (χ0n) is 17.5. The van der Waals surface area contributed by atoms with Crippen LogP contribution < -0.4 is 10.6 Å². The van der Waals surface area contributed by atoms with Crippen LogP contribution in [0, 0.1) is 5.82 Å². The van der Waals surface area contributed by atoms with Crippen LogP contribution in [0.5, 0.6) is 0 Å². The SMILES string of the molecule is O=C(Nc1ccc(F)c(CCc2cc(Nc3cnccn3)[nH]n2)c1)c1cccc(C(F)(F)F)c1. The fraction of sp³-hybridized carbons (Fsp3) is 0.130. The van der Waals surface area contributed by atoms with Crippen molar-refractivity contribution < 1.29 is 22.4 Å². The Morgan fingerprint density at radius 2 is 1.88 bits per heavy atom. The molecule has 3 N–H and O–H groups in total. The van der Waals surface area contributed by atoms with E-state index in [1.807, 2.05) is 0 Å². The molecule has 1 amide bonds. The van der Waals surface area contributed by atoms with Crippen LogP contribution in [0.3, 0.4) is 0 Å². The molecule has 4 rings (SSSR count). The highest BCUT2D eigenvalue weighted by Gasteiger charge is 2.30. The second-order valence-electron chi connectivity index (χ2n) is 7.33. The summed E-state index contributed by atoms with van der Waals surface area (Å²) in [6.07, 6.45) is 0.773. The molecule has 2 aromatic carbocycles. The summed E-state index contributed by atoms with van der Waals surface area (Å²) >= 11 is 0. The molecule has 2 heterocycles. The summed E-state index contributed by atoms with van der Waals surface area (Å²) in [5.41, 5.74) is 0.191. The minimum absolute atomic E-state index is 0.152. The number of aromatic amines is 1. The number of anilines is 3. The second-order valence-corrected chi connectivity index (χ2v) is 7.33. The zero-order chi connectivity index (χ0) is 24.1. The number of aromatic nitrogens is 4. The molecule has 0 spiro atoms. The highest BCUT2D eigenvalue weighted by atomic mass is 19.4. The number of aryl methyl sites for hydroxylation is 2. The molecule has 0 fully saturated rings. The average molecular weight is 470 g/mol. The molecule has 11 heteroatoms. The van der Waals surface area contributed by atoms with E-state index in [1.54, 1.807) is 24.7 Å². The van der Waals surface area contributed by atoms with Gasteiger partial charge in [0.25, 0.3) is 5.91 Å². The summed E-state index contributed by atoms with van der Waals surface area (Å²) in [4.78, 5) is 20.5. The van der Waals surface area contributed by atoms with Crippen molar-refractivity contribution in [3.63, 3.8) is 0 Å². The molecule has 2 aromatic heterocycles. The van der Waals surface area contributed by atoms with Gasteiger partial charge in [0, 0.05) is 29.7 Å². The van der Waals surface area contributed by atoms with E-state index in [9.17, 15) is 22.4 Å². The van der Waals surface area contributed by atoms with Gasteiger partial charge in [-0.1, -0.05) is 6.07 Å². The Morgan fingerprint density at radius 3 is 2.65 bits per heavy atom. The number of halogens is 4. The van der Waals surface area contributed by atoms with Crippen LogP contribution in [0.4, 0.5) is 34.9 Å². The van der Waals surface area contributed by atoms with Gasteiger partial charge in [-0.05, 0) is 54.8 Å². The minimum atomic E-state index is -4.56. The fourth-order valence-electron chi connectivity index (χ4n) is 3.20. The lowest BCUT2D eigenvalue weighted by molar-refractivity contribution is -0.137. The minimum Gasteiger partial charge on any atom is -0.324 e. The molecule has 0 unspecified atom stereocenters. The predicted molar refractivity (Wildman–Crippen MR) is 117 cm³/mol. The van der Waals surface area contributed by atoms with E-state index in [1.165, 1.54) is 24.3 Å². The van der Waals surface area contributed by atoms with Crippen molar-refractivity contribution in [2.75, 3.05) is 10.6 Å². The Kier molecular flexibility index (Phi) is 6.53. The normalized spacial score (nSPS) is 11.3. The van der Waals surface area contributed by atoms with Gasteiger partial charge in [0.05, 0.1) is 17.5 Å². The summed E-state index contributed by atoms with van der Waals surface area (Å²) in [6.45, 7) is 0. The molecule has 174 valence electrons. The van der Waals surface area contributed by atoms with E-state index in [0.29, 0.717) is 29.3 Å². The van der Waals surface area contributed by atoms with Crippen molar-refractivity contribution in [1.82, 2.24) is 20.2 Å². The second kappa shape index (κ2) is 9.69. The van der Waals surface area contributed by atoms with Gasteiger partial charge in [0.1, 0.15) is 17.5 Å². The number of hydrogen-bond donors (Lipinski definition) is 3. The van der Waals surface area contributed by atoms with Crippen LogP contribution in [-0.4, -0.2) is 26.1 Å². The summed E-state index contributed by atoms with van der Waals surface area (Å²) in [5, 5.41) is 12.5. The van der Waals surface area contributed by atoms with Crippen molar-refractivity contribution in [1.29, 1.82) is 0 Å². The lowest BCUT2D eigenvalue weighted by Gasteiger charge is -2.10. The monoisotopic (exact) mass is 470 g/mol. The number of amides is 1. The molecule has 0 saturated carbocycles. The lowest BCUT2D eigenvalue weighted by Crippen LogP contribution is -2.14. The third-order valence-electron chi connectivity index (χ3n) is 4.86. The van der Waals surface area contributed by atoms with Crippen LogP contribution in [0.25, 0.3) is 0 Å². The van der Waals surface area contributed by atoms with E-state index in [4.69, 9.17) is 0 Å². The van der Waals surface area contributed by atoms with Crippen LogP contribution in [0.1, 0.15) is 27.2 Å². The quantitative estimate of drug-likeness (QED) is 0.325.